The second-order valence-corrected chi connectivity index (χ2v) is 5.52. The summed E-state index contributed by atoms with van der Waals surface area (Å²) >= 11 is 0. The summed E-state index contributed by atoms with van der Waals surface area (Å²) in [7, 11) is 1.62. The first-order valence-electron chi connectivity index (χ1n) is 6.93. The number of hydrogen-bond donors (Lipinski definition) is 1. The average Bonchev–Trinajstić information content (AvgIpc) is 3.29. The van der Waals surface area contributed by atoms with Gasteiger partial charge in [0.2, 0.25) is 5.91 Å². The van der Waals surface area contributed by atoms with Gasteiger partial charge in [-0.25, -0.2) is 4.39 Å². The third kappa shape index (κ3) is 2.27. The summed E-state index contributed by atoms with van der Waals surface area (Å²) in [6, 6.07) is 13.7. The van der Waals surface area contributed by atoms with Crippen LogP contribution in [0.15, 0.2) is 48.5 Å². The van der Waals surface area contributed by atoms with Crippen LogP contribution in [0.25, 0.3) is 0 Å². The predicted octanol–water partition coefficient (Wildman–Crippen LogP) is 3.10. The van der Waals surface area contributed by atoms with Crippen molar-refractivity contribution in [3.05, 3.63) is 59.9 Å². The highest BCUT2D eigenvalue weighted by Gasteiger charge is 2.52. The summed E-state index contributed by atoms with van der Waals surface area (Å²) in [5.41, 5.74) is 7.10. The molecule has 0 atom stereocenters. The summed E-state index contributed by atoms with van der Waals surface area (Å²) in [5.74, 6) is -0.459. The number of anilines is 2. The van der Waals surface area contributed by atoms with Crippen molar-refractivity contribution in [2.75, 3.05) is 17.7 Å². The van der Waals surface area contributed by atoms with Gasteiger partial charge in [-0.15, -0.1) is 0 Å². The number of likely N-dealkylation sites (N-methyl/N-ethyl adjacent to an activating group) is 1. The summed E-state index contributed by atoms with van der Waals surface area (Å²) in [5, 5.41) is 0. The fourth-order valence-corrected chi connectivity index (χ4v) is 2.71. The molecule has 3 rings (SSSR count). The minimum Gasteiger partial charge on any atom is -0.399 e. The molecule has 1 aliphatic carbocycles. The minimum absolute atomic E-state index is 0.0719. The zero-order valence-electron chi connectivity index (χ0n) is 11.8. The van der Waals surface area contributed by atoms with E-state index in [0.717, 1.165) is 18.4 Å². The van der Waals surface area contributed by atoms with Crippen molar-refractivity contribution in [2.45, 2.75) is 18.3 Å². The number of hydrogen-bond acceptors (Lipinski definition) is 2. The van der Waals surface area contributed by atoms with E-state index in [0.29, 0.717) is 11.4 Å². The Morgan fingerprint density at radius 3 is 2.33 bits per heavy atom. The van der Waals surface area contributed by atoms with E-state index in [2.05, 4.69) is 0 Å². The van der Waals surface area contributed by atoms with Gasteiger partial charge >= 0.3 is 0 Å². The smallest absolute Gasteiger partial charge is 0.237 e. The fourth-order valence-electron chi connectivity index (χ4n) is 2.71. The van der Waals surface area contributed by atoms with Gasteiger partial charge in [0, 0.05) is 12.7 Å². The monoisotopic (exact) mass is 284 g/mol. The van der Waals surface area contributed by atoms with Gasteiger partial charge in [0.1, 0.15) is 5.82 Å². The van der Waals surface area contributed by atoms with Gasteiger partial charge in [0.25, 0.3) is 0 Å². The molecule has 0 heterocycles. The summed E-state index contributed by atoms with van der Waals surface area (Å²) in [6.45, 7) is 0. The molecule has 21 heavy (non-hydrogen) atoms. The van der Waals surface area contributed by atoms with Gasteiger partial charge in [-0.2, -0.15) is 0 Å². The summed E-state index contributed by atoms with van der Waals surface area (Å²) in [6.07, 6.45) is 1.57. The maximum atomic E-state index is 13.9. The zero-order chi connectivity index (χ0) is 15.0. The Kier molecular flexibility index (Phi) is 3.16. The second-order valence-electron chi connectivity index (χ2n) is 5.52. The topological polar surface area (TPSA) is 46.3 Å². The molecule has 0 saturated heterocycles. The van der Waals surface area contributed by atoms with Crippen molar-refractivity contribution in [2.24, 2.45) is 0 Å². The lowest BCUT2D eigenvalue weighted by molar-refractivity contribution is -0.120. The standard InChI is InChI=1S/C17H17FN2O/c1-20(15-5-3-2-4-14(15)18)16(21)17(10-11-17)12-6-8-13(19)9-7-12/h2-9H,10-11,19H2,1H3. The number of amides is 1. The van der Waals surface area contributed by atoms with E-state index in [4.69, 9.17) is 5.73 Å². The minimum atomic E-state index is -0.523. The molecular weight excluding hydrogens is 267 g/mol. The van der Waals surface area contributed by atoms with Crippen LogP contribution < -0.4 is 10.6 Å². The zero-order valence-corrected chi connectivity index (χ0v) is 11.8. The van der Waals surface area contributed by atoms with Crippen LogP contribution in [0.5, 0.6) is 0 Å². The molecule has 2 aromatic rings. The lowest BCUT2D eigenvalue weighted by atomic mass is 9.94. The number of nitrogens with two attached hydrogens (primary N) is 1. The molecule has 0 radical (unpaired) electrons. The third-order valence-electron chi connectivity index (χ3n) is 4.14. The SMILES string of the molecule is CN(C(=O)C1(c2ccc(N)cc2)CC1)c1ccccc1F. The van der Waals surface area contributed by atoms with E-state index in [9.17, 15) is 9.18 Å². The van der Waals surface area contributed by atoms with E-state index in [1.165, 1.54) is 11.0 Å². The Labute approximate surface area is 123 Å². The highest BCUT2D eigenvalue weighted by atomic mass is 19.1. The molecular formula is C17H17FN2O. The Bertz CT molecular complexity index is 677. The average molecular weight is 284 g/mol. The molecule has 3 nitrogen and oxygen atoms in total. The first kappa shape index (κ1) is 13.6. The third-order valence-corrected chi connectivity index (χ3v) is 4.14. The van der Waals surface area contributed by atoms with Crippen molar-refractivity contribution in [3.63, 3.8) is 0 Å². The molecule has 108 valence electrons. The van der Waals surface area contributed by atoms with E-state index in [-0.39, 0.29) is 11.7 Å². The van der Waals surface area contributed by atoms with Gasteiger partial charge in [0.05, 0.1) is 11.1 Å². The molecule has 1 amide bonds. The van der Waals surface area contributed by atoms with Crippen LogP contribution >= 0.6 is 0 Å². The lowest BCUT2D eigenvalue weighted by Gasteiger charge is -2.24. The van der Waals surface area contributed by atoms with Crippen LogP contribution in [0, 0.1) is 5.82 Å². The first-order valence-corrected chi connectivity index (χ1v) is 6.93. The van der Waals surface area contributed by atoms with Gasteiger partial charge in [-0.1, -0.05) is 24.3 Å². The molecule has 2 N–H and O–H groups in total. The van der Waals surface area contributed by atoms with Gasteiger partial charge in [0.15, 0.2) is 0 Å². The van der Waals surface area contributed by atoms with Crippen LogP contribution in [0.2, 0.25) is 0 Å². The maximum absolute atomic E-state index is 13.9. The second kappa shape index (κ2) is 4.88. The van der Waals surface area contributed by atoms with Crippen molar-refractivity contribution in [3.8, 4) is 0 Å². The molecule has 0 bridgehead atoms. The van der Waals surface area contributed by atoms with Crippen LogP contribution in [0.3, 0.4) is 0 Å². The number of para-hydroxylation sites is 1. The van der Waals surface area contributed by atoms with Gasteiger partial charge in [-0.05, 0) is 42.7 Å². The summed E-state index contributed by atoms with van der Waals surface area (Å²) in [4.78, 5) is 14.2. The number of benzene rings is 2. The normalized spacial score (nSPS) is 15.5. The molecule has 4 heteroatoms. The first-order chi connectivity index (χ1) is 10.0. The van der Waals surface area contributed by atoms with Crippen LogP contribution in [-0.4, -0.2) is 13.0 Å². The van der Waals surface area contributed by atoms with Crippen LogP contribution in [0.1, 0.15) is 18.4 Å². The summed E-state index contributed by atoms with van der Waals surface area (Å²) < 4.78 is 13.9. The Morgan fingerprint density at radius 1 is 1.14 bits per heavy atom. The molecule has 1 aliphatic rings. The number of carbonyl (C=O) groups excluding carboxylic acids is 1. The van der Waals surface area contributed by atoms with Crippen molar-refractivity contribution >= 4 is 17.3 Å². The number of nitrogen functional groups attached to an aromatic ring is 1. The van der Waals surface area contributed by atoms with Crippen molar-refractivity contribution < 1.29 is 9.18 Å². The van der Waals surface area contributed by atoms with Gasteiger partial charge in [-0.3, -0.25) is 4.79 Å². The molecule has 0 unspecified atom stereocenters. The van der Waals surface area contributed by atoms with Gasteiger partial charge < -0.3 is 10.6 Å². The van der Waals surface area contributed by atoms with Crippen molar-refractivity contribution in [1.29, 1.82) is 0 Å². The van der Waals surface area contributed by atoms with E-state index in [1.54, 1.807) is 37.4 Å². The molecule has 1 saturated carbocycles. The molecule has 1 fully saturated rings. The Morgan fingerprint density at radius 2 is 1.76 bits per heavy atom. The Hall–Kier alpha value is -2.36. The highest BCUT2D eigenvalue weighted by molar-refractivity contribution is 6.03. The predicted molar refractivity (Wildman–Crippen MR) is 81.6 cm³/mol. The number of carbonyl (C=O) groups is 1. The maximum Gasteiger partial charge on any atom is 0.237 e. The molecule has 0 aromatic heterocycles. The van der Waals surface area contributed by atoms with E-state index in [1.807, 2.05) is 12.1 Å². The van der Waals surface area contributed by atoms with E-state index < -0.39 is 5.41 Å². The highest BCUT2D eigenvalue weighted by Crippen LogP contribution is 2.50. The number of nitrogens with zero attached hydrogens (tertiary/aromatic N) is 1. The van der Waals surface area contributed by atoms with Crippen molar-refractivity contribution in [1.82, 2.24) is 0 Å². The lowest BCUT2D eigenvalue weighted by Crippen LogP contribution is -2.37. The fraction of sp³-hybridized carbons (Fsp3) is 0.235. The quantitative estimate of drug-likeness (QED) is 0.880. The number of rotatable bonds is 3. The Balaban J connectivity index is 1.91. The number of halogens is 1. The van der Waals surface area contributed by atoms with E-state index >= 15 is 0 Å². The van der Waals surface area contributed by atoms with Crippen LogP contribution in [0.4, 0.5) is 15.8 Å². The molecule has 0 spiro atoms. The molecule has 2 aromatic carbocycles. The largest absolute Gasteiger partial charge is 0.399 e. The van der Waals surface area contributed by atoms with Crippen LogP contribution in [-0.2, 0) is 10.2 Å². The molecule has 0 aliphatic heterocycles.